The van der Waals surface area contributed by atoms with Gasteiger partial charge in [-0.1, -0.05) is 74.2 Å². The van der Waals surface area contributed by atoms with E-state index in [1.807, 2.05) is 36.4 Å². The van der Waals surface area contributed by atoms with Gasteiger partial charge in [-0.25, -0.2) is 0 Å². The number of amides is 1. The third-order valence-electron chi connectivity index (χ3n) is 5.92. The number of unbranched alkanes of at least 4 members (excludes halogenated alkanes) is 3. The van der Waals surface area contributed by atoms with E-state index in [1.54, 1.807) is 54.6 Å². The number of halogens is 1. The van der Waals surface area contributed by atoms with Gasteiger partial charge in [-0.15, -0.1) is 11.3 Å². The van der Waals surface area contributed by atoms with Crippen LogP contribution < -0.4 is 24.8 Å². The lowest BCUT2D eigenvalue weighted by Crippen LogP contribution is -2.32. The quantitative estimate of drug-likeness (QED) is 0.255. The monoisotopic (exact) mass is 557 g/mol. The molecule has 1 N–H and O–H groups in total. The van der Waals surface area contributed by atoms with Gasteiger partial charge < -0.3 is 10.1 Å². The van der Waals surface area contributed by atoms with Gasteiger partial charge in [-0.2, -0.15) is 5.26 Å². The second-order valence-corrected chi connectivity index (χ2v) is 10.3. The zero-order valence-electron chi connectivity index (χ0n) is 21.5. The lowest BCUT2D eigenvalue weighted by Gasteiger charge is -2.06. The summed E-state index contributed by atoms with van der Waals surface area (Å²) in [6.07, 6.45) is 6.30. The Hall–Kier alpha value is -4.12. The molecule has 8 heteroatoms. The molecule has 0 spiro atoms. The molecular weight excluding hydrogens is 530 g/mol. The van der Waals surface area contributed by atoms with Crippen molar-refractivity contribution < 1.29 is 9.53 Å². The van der Waals surface area contributed by atoms with Gasteiger partial charge in [0, 0.05) is 10.7 Å². The van der Waals surface area contributed by atoms with Gasteiger partial charge in [-0.05, 0) is 60.5 Å². The molecule has 6 nitrogen and oxygen atoms in total. The molecule has 3 aromatic carbocycles. The van der Waals surface area contributed by atoms with Crippen molar-refractivity contribution in [3.05, 3.63) is 109 Å². The van der Waals surface area contributed by atoms with Crippen molar-refractivity contribution in [2.45, 2.75) is 32.6 Å². The highest BCUT2D eigenvalue weighted by molar-refractivity contribution is 7.07. The molecule has 0 unspecified atom stereocenters. The van der Waals surface area contributed by atoms with E-state index in [2.05, 4.69) is 12.2 Å². The van der Waals surface area contributed by atoms with Gasteiger partial charge in [0.25, 0.3) is 11.5 Å². The van der Waals surface area contributed by atoms with Crippen molar-refractivity contribution in [1.82, 2.24) is 4.57 Å². The van der Waals surface area contributed by atoms with Gasteiger partial charge in [0.05, 0.1) is 16.8 Å². The van der Waals surface area contributed by atoms with E-state index in [9.17, 15) is 14.9 Å². The molecule has 0 aliphatic heterocycles. The summed E-state index contributed by atoms with van der Waals surface area (Å²) >= 11 is 7.13. The molecule has 0 atom stereocenters. The number of carbonyl (C=O) groups excluding carboxylic acids is 1. The summed E-state index contributed by atoms with van der Waals surface area (Å²) in [5.41, 5.74) is 1.32. The lowest BCUT2D eigenvalue weighted by molar-refractivity contribution is -0.111. The van der Waals surface area contributed by atoms with Crippen LogP contribution in [0.2, 0.25) is 5.02 Å². The van der Waals surface area contributed by atoms with Crippen molar-refractivity contribution in [2.75, 3.05) is 11.9 Å². The Bertz CT molecular complexity index is 1650. The number of aromatic nitrogens is 1. The van der Waals surface area contributed by atoms with E-state index in [0.717, 1.165) is 35.5 Å². The number of rotatable bonds is 10. The molecule has 39 heavy (non-hydrogen) atoms. The Labute approximate surface area is 236 Å². The van der Waals surface area contributed by atoms with Crippen molar-refractivity contribution in [2.24, 2.45) is 0 Å². The number of para-hydroxylation sites is 1. The average molecular weight is 558 g/mol. The van der Waals surface area contributed by atoms with E-state index in [1.165, 1.54) is 17.4 Å². The minimum absolute atomic E-state index is 0.174. The second kappa shape index (κ2) is 13.6. The van der Waals surface area contributed by atoms with Crippen molar-refractivity contribution >= 4 is 46.2 Å². The summed E-state index contributed by atoms with van der Waals surface area (Å²) in [7, 11) is 0. The SMILES string of the molecule is CCCCCCOc1ccc(/C=c2/s/c(=C(\C#N)C(=O)Nc3cccc(Cl)c3)n(-c3ccccc3)c2=O)cc1. The molecule has 4 rings (SSSR count). The molecule has 0 saturated heterocycles. The van der Waals surface area contributed by atoms with Crippen LogP contribution in [-0.4, -0.2) is 17.1 Å². The smallest absolute Gasteiger partial charge is 0.273 e. The third kappa shape index (κ3) is 7.26. The number of hydrogen-bond donors (Lipinski definition) is 1. The summed E-state index contributed by atoms with van der Waals surface area (Å²) < 4.78 is 7.86. The predicted octanol–water partition coefficient (Wildman–Crippen LogP) is 5.65. The number of carbonyl (C=O) groups is 1. The van der Waals surface area contributed by atoms with Gasteiger partial charge in [-0.3, -0.25) is 14.2 Å². The van der Waals surface area contributed by atoms with Crippen LogP contribution in [0.1, 0.15) is 38.2 Å². The molecule has 1 amide bonds. The van der Waals surface area contributed by atoms with Crippen LogP contribution in [0.5, 0.6) is 5.75 Å². The van der Waals surface area contributed by atoms with Gasteiger partial charge in [0.2, 0.25) is 0 Å². The van der Waals surface area contributed by atoms with Crippen molar-refractivity contribution in [3.8, 4) is 17.5 Å². The largest absolute Gasteiger partial charge is 0.494 e. The van der Waals surface area contributed by atoms with Crippen LogP contribution in [0.15, 0.2) is 83.7 Å². The molecule has 4 aromatic rings. The molecule has 0 aliphatic carbocycles. The van der Waals surface area contributed by atoms with Crippen LogP contribution in [-0.2, 0) is 4.79 Å². The van der Waals surface area contributed by atoms with E-state index in [4.69, 9.17) is 16.3 Å². The van der Waals surface area contributed by atoms with Crippen LogP contribution in [0.4, 0.5) is 5.69 Å². The maximum absolute atomic E-state index is 13.6. The Kier molecular flexibility index (Phi) is 9.74. The topological polar surface area (TPSA) is 84.1 Å². The van der Waals surface area contributed by atoms with Gasteiger partial charge in [0.1, 0.15) is 16.5 Å². The Morgan fingerprint density at radius 3 is 2.51 bits per heavy atom. The van der Waals surface area contributed by atoms with Crippen LogP contribution in [0.3, 0.4) is 0 Å². The summed E-state index contributed by atoms with van der Waals surface area (Å²) in [4.78, 5) is 26.7. The Morgan fingerprint density at radius 2 is 1.82 bits per heavy atom. The zero-order valence-corrected chi connectivity index (χ0v) is 23.1. The first-order chi connectivity index (χ1) is 19.0. The maximum atomic E-state index is 13.6. The number of hydrogen-bond acceptors (Lipinski definition) is 5. The van der Waals surface area contributed by atoms with Crippen molar-refractivity contribution in [1.29, 1.82) is 5.26 Å². The molecule has 1 aromatic heterocycles. The standard InChI is InChI=1S/C31H28ClN3O3S/c1-2-3-4-8-18-38-26-16-14-22(15-17-26)19-28-30(37)35(25-12-6-5-7-13-25)31(39-28)27(21-33)29(36)34-24-11-9-10-23(32)20-24/h5-7,9-17,19-20H,2-4,8,18H2,1H3,(H,34,36)/b28-19+,31-27+. The highest BCUT2D eigenvalue weighted by Gasteiger charge is 2.17. The van der Waals surface area contributed by atoms with E-state index >= 15 is 0 Å². The summed E-state index contributed by atoms with van der Waals surface area (Å²) in [5, 5.41) is 13.1. The molecule has 0 radical (unpaired) electrons. The summed E-state index contributed by atoms with van der Waals surface area (Å²) in [6.45, 7) is 2.85. The van der Waals surface area contributed by atoms with Crippen LogP contribution >= 0.6 is 22.9 Å². The fourth-order valence-corrected chi connectivity index (χ4v) is 5.24. The molecule has 1 heterocycles. The number of ether oxygens (including phenoxy) is 1. The molecular formula is C31H28ClN3O3S. The van der Waals surface area contributed by atoms with E-state index < -0.39 is 5.91 Å². The fourth-order valence-electron chi connectivity index (χ4n) is 3.95. The van der Waals surface area contributed by atoms with Crippen molar-refractivity contribution in [3.63, 3.8) is 0 Å². The van der Waals surface area contributed by atoms with Crippen LogP contribution in [0, 0.1) is 11.3 Å². The normalized spacial score (nSPS) is 12.1. The molecule has 198 valence electrons. The number of nitrogens with zero attached hydrogens (tertiary/aromatic N) is 2. The average Bonchev–Trinajstić information content (AvgIpc) is 3.25. The summed E-state index contributed by atoms with van der Waals surface area (Å²) in [5.74, 6) is 0.146. The number of thiazole rings is 1. The Balaban J connectivity index is 1.73. The van der Waals surface area contributed by atoms with Crippen LogP contribution in [0.25, 0.3) is 17.3 Å². The van der Waals surface area contributed by atoms with Gasteiger partial charge >= 0.3 is 0 Å². The maximum Gasteiger partial charge on any atom is 0.273 e. The fraction of sp³-hybridized carbons (Fsp3) is 0.194. The number of nitrogens with one attached hydrogen (secondary N) is 1. The Morgan fingerprint density at radius 1 is 1.05 bits per heavy atom. The first-order valence-electron chi connectivity index (χ1n) is 12.7. The summed E-state index contributed by atoms with van der Waals surface area (Å²) in [6, 6.07) is 25.1. The zero-order chi connectivity index (χ0) is 27.6. The number of anilines is 1. The third-order valence-corrected chi connectivity index (χ3v) is 7.25. The number of nitriles is 1. The lowest BCUT2D eigenvalue weighted by atomic mass is 10.2. The predicted molar refractivity (Wildman–Crippen MR) is 158 cm³/mol. The minimum Gasteiger partial charge on any atom is -0.494 e. The molecule has 0 aliphatic rings. The minimum atomic E-state index is -0.627. The molecule has 0 fully saturated rings. The first kappa shape index (κ1) is 27.9. The highest BCUT2D eigenvalue weighted by Crippen LogP contribution is 2.16. The van der Waals surface area contributed by atoms with Gasteiger partial charge in [0.15, 0.2) is 5.57 Å². The van der Waals surface area contributed by atoms with E-state index in [-0.39, 0.29) is 15.8 Å². The first-order valence-corrected chi connectivity index (χ1v) is 13.9. The number of benzene rings is 3. The molecule has 0 saturated carbocycles. The highest BCUT2D eigenvalue weighted by atomic mass is 35.5. The molecule has 0 bridgehead atoms. The van der Waals surface area contributed by atoms with E-state index in [0.29, 0.717) is 27.5 Å². The second-order valence-electron chi connectivity index (χ2n) is 8.82.